The van der Waals surface area contributed by atoms with Crippen LogP contribution in [0.15, 0.2) is 52.6 Å². The summed E-state index contributed by atoms with van der Waals surface area (Å²) in [6.45, 7) is 2.08. The van der Waals surface area contributed by atoms with Gasteiger partial charge in [-0.3, -0.25) is 10.4 Å². The first-order valence-electron chi connectivity index (χ1n) is 7.05. The second-order valence-electron chi connectivity index (χ2n) is 5.32. The van der Waals surface area contributed by atoms with Crippen LogP contribution in [0.4, 0.5) is 5.69 Å². The van der Waals surface area contributed by atoms with Gasteiger partial charge >= 0.3 is 0 Å². The highest BCUT2D eigenvalue weighted by Gasteiger charge is 2.42. The molecule has 5 heteroatoms. The van der Waals surface area contributed by atoms with E-state index >= 15 is 0 Å². The maximum absolute atomic E-state index is 5.20. The van der Waals surface area contributed by atoms with Crippen LogP contribution in [0.5, 0.6) is 5.75 Å². The van der Waals surface area contributed by atoms with Crippen molar-refractivity contribution in [2.75, 3.05) is 7.11 Å². The summed E-state index contributed by atoms with van der Waals surface area (Å²) in [6, 6.07) is 14.2. The SMILES string of the molecule is COc1ccc(C2=NNC3(C=Nc4c(C)cccc43)S2)cc1. The largest absolute Gasteiger partial charge is 0.497 e. The zero-order valence-corrected chi connectivity index (χ0v) is 13.1. The van der Waals surface area contributed by atoms with Gasteiger partial charge in [0, 0.05) is 17.3 Å². The summed E-state index contributed by atoms with van der Waals surface area (Å²) in [5.41, 5.74) is 7.74. The van der Waals surface area contributed by atoms with Crippen LogP contribution in [-0.4, -0.2) is 18.4 Å². The molecule has 2 aliphatic heterocycles. The van der Waals surface area contributed by atoms with Crippen molar-refractivity contribution < 1.29 is 4.74 Å². The van der Waals surface area contributed by atoms with E-state index in [9.17, 15) is 0 Å². The van der Waals surface area contributed by atoms with E-state index in [4.69, 9.17) is 4.74 Å². The van der Waals surface area contributed by atoms with E-state index in [2.05, 4.69) is 40.6 Å². The van der Waals surface area contributed by atoms with Gasteiger partial charge in [-0.2, -0.15) is 5.10 Å². The number of para-hydroxylation sites is 1. The van der Waals surface area contributed by atoms with Gasteiger partial charge in [0.2, 0.25) is 0 Å². The predicted octanol–water partition coefficient (Wildman–Crippen LogP) is 3.57. The minimum atomic E-state index is -0.378. The molecular formula is C17H15N3OS. The monoisotopic (exact) mass is 309 g/mol. The van der Waals surface area contributed by atoms with Crippen LogP contribution in [0.3, 0.4) is 0 Å². The van der Waals surface area contributed by atoms with Gasteiger partial charge in [-0.25, -0.2) is 0 Å². The Morgan fingerprint density at radius 1 is 1.14 bits per heavy atom. The lowest BCUT2D eigenvalue weighted by Gasteiger charge is -2.20. The third-order valence-electron chi connectivity index (χ3n) is 3.93. The zero-order valence-electron chi connectivity index (χ0n) is 12.3. The summed E-state index contributed by atoms with van der Waals surface area (Å²) >= 11 is 1.69. The molecule has 4 nitrogen and oxygen atoms in total. The predicted molar refractivity (Wildman–Crippen MR) is 91.3 cm³/mol. The lowest BCUT2D eigenvalue weighted by molar-refractivity contribution is 0.415. The molecule has 1 unspecified atom stereocenters. The first kappa shape index (κ1) is 13.4. The van der Waals surface area contributed by atoms with Crippen molar-refractivity contribution in [3.05, 3.63) is 59.2 Å². The van der Waals surface area contributed by atoms with Crippen molar-refractivity contribution in [1.82, 2.24) is 5.43 Å². The van der Waals surface area contributed by atoms with Crippen LogP contribution in [0, 0.1) is 6.92 Å². The van der Waals surface area contributed by atoms with Gasteiger partial charge in [0.25, 0.3) is 0 Å². The van der Waals surface area contributed by atoms with Crippen molar-refractivity contribution in [1.29, 1.82) is 0 Å². The molecule has 2 heterocycles. The standard InChI is InChI=1S/C17H15N3OS/c1-11-4-3-5-14-15(11)18-10-17(14)20-19-16(22-17)12-6-8-13(21-2)9-7-12/h3-10,20H,1-2H3. The highest BCUT2D eigenvalue weighted by molar-refractivity contribution is 8.16. The van der Waals surface area contributed by atoms with Gasteiger partial charge in [-0.05, 0) is 36.8 Å². The van der Waals surface area contributed by atoms with Crippen LogP contribution < -0.4 is 10.2 Å². The lowest BCUT2D eigenvalue weighted by Crippen LogP contribution is -2.32. The first-order chi connectivity index (χ1) is 10.7. The van der Waals surface area contributed by atoms with Crippen LogP contribution >= 0.6 is 11.8 Å². The number of nitrogens with one attached hydrogen (secondary N) is 1. The number of methoxy groups -OCH3 is 1. The van der Waals surface area contributed by atoms with E-state index in [0.717, 1.165) is 22.0 Å². The van der Waals surface area contributed by atoms with Crippen molar-refractivity contribution in [2.45, 2.75) is 11.8 Å². The van der Waals surface area contributed by atoms with Crippen molar-refractivity contribution in [3.63, 3.8) is 0 Å². The summed E-state index contributed by atoms with van der Waals surface area (Å²) in [5.74, 6) is 0.846. The molecule has 2 aromatic rings. The van der Waals surface area contributed by atoms with E-state index in [1.165, 1.54) is 11.1 Å². The summed E-state index contributed by atoms with van der Waals surface area (Å²) in [4.78, 5) is 4.21. The Bertz CT molecular complexity index is 798. The van der Waals surface area contributed by atoms with E-state index in [1.54, 1.807) is 18.9 Å². The van der Waals surface area contributed by atoms with Gasteiger partial charge < -0.3 is 4.74 Å². The molecule has 0 saturated carbocycles. The second-order valence-corrected chi connectivity index (χ2v) is 6.56. The molecule has 0 aliphatic carbocycles. The summed E-state index contributed by atoms with van der Waals surface area (Å²) in [5, 5.41) is 5.48. The third kappa shape index (κ3) is 1.93. The molecule has 2 aliphatic rings. The minimum absolute atomic E-state index is 0.378. The normalized spacial score (nSPS) is 21.6. The molecule has 22 heavy (non-hydrogen) atoms. The number of benzene rings is 2. The molecular weight excluding hydrogens is 294 g/mol. The molecule has 2 aromatic carbocycles. The first-order valence-corrected chi connectivity index (χ1v) is 7.87. The fourth-order valence-electron chi connectivity index (χ4n) is 2.71. The van der Waals surface area contributed by atoms with E-state index in [0.29, 0.717) is 0 Å². The minimum Gasteiger partial charge on any atom is -0.497 e. The lowest BCUT2D eigenvalue weighted by atomic mass is 10.0. The van der Waals surface area contributed by atoms with Crippen LogP contribution in [-0.2, 0) is 4.87 Å². The summed E-state index contributed by atoms with van der Waals surface area (Å²) in [7, 11) is 1.67. The Labute approximate surface area is 133 Å². The fraction of sp³-hybridized carbons (Fsp3) is 0.176. The molecule has 1 atom stereocenters. The molecule has 0 fully saturated rings. The smallest absolute Gasteiger partial charge is 0.168 e. The van der Waals surface area contributed by atoms with E-state index in [1.807, 2.05) is 30.5 Å². The molecule has 0 saturated heterocycles. The molecule has 110 valence electrons. The number of thioether (sulfide) groups is 1. The molecule has 0 radical (unpaired) electrons. The average Bonchev–Trinajstić information content (AvgIpc) is 3.15. The Kier molecular flexibility index (Phi) is 2.97. The number of nitrogens with zero attached hydrogens (tertiary/aromatic N) is 2. The molecule has 0 aromatic heterocycles. The summed E-state index contributed by atoms with van der Waals surface area (Å²) < 4.78 is 5.20. The van der Waals surface area contributed by atoms with Crippen LogP contribution in [0.2, 0.25) is 0 Å². The van der Waals surface area contributed by atoms with Crippen molar-refractivity contribution in [3.8, 4) is 5.75 Å². The van der Waals surface area contributed by atoms with E-state index in [-0.39, 0.29) is 4.87 Å². The number of hydrogen-bond donors (Lipinski definition) is 1. The molecule has 0 amide bonds. The Hall–Kier alpha value is -2.27. The Morgan fingerprint density at radius 2 is 1.95 bits per heavy atom. The van der Waals surface area contributed by atoms with Gasteiger partial charge in [0.05, 0.1) is 12.8 Å². The fourth-order valence-corrected chi connectivity index (χ4v) is 3.84. The number of fused-ring (bicyclic) bond motifs is 2. The summed E-state index contributed by atoms with van der Waals surface area (Å²) in [6.07, 6.45) is 1.95. The topological polar surface area (TPSA) is 46.0 Å². The number of aryl methyl sites for hydroxylation is 1. The maximum Gasteiger partial charge on any atom is 0.168 e. The van der Waals surface area contributed by atoms with Gasteiger partial charge in [-0.1, -0.05) is 30.0 Å². The number of aliphatic imine (C=N–C) groups is 1. The third-order valence-corrected chi connectivity index (χ3v) is 5.19. The highest BCUT2D eigenvalue weighted by atomic mass is 32.2. The van der Waals surface area contributed by atoms with Gasteiger partial charge in [0.1, 0.15) is 10.8 Å². The van der Waals surface area contributed by atoms with Crippen molar-refractivity contribution in [2.24, 2.45) is 10.1 Å². The maximum atomic E-state index is 5.20. The molecule has 4 rings (SSSR count). The van der Waals surface area contributed by atoms with Crippen LogP contribution in [0.1, 0.15) is 16.7 Å². The molecule has 1 N–H and O–H groups in total. The van der Waals surface area contributed by atoms with Crippen LogP contribution in [0.25, 0.3) is 0 Å². The van der Waals surface area contributed by atoms with E-state index < -0.39 is 0 Å². The van der Waals surface area contributed by atoms with Gasteiger partial charge in [0.15, 0.2) is 4.87 Å². The zero-order chi connectivity index (χ0) is 15.2. The number of ether oxygens (including phenoxy) is 1. The molecule has 1 spiro atoms. The number of hydrazone groups is 1. The van der Waals surface area contributed by atoms with Crippen molar-refractivity contribution >= 4 is 28.7 Å². The Balaban J connectivity index is 1.65. The quantitative estimate of drug-likeness (QED) is 0.922. The Morgan fingerprint density at radius 3 is 2.73 bits per heavy atom. The van der Waals surface area contributed by atoms with Gasteiger partial charge in [-0.15, -0.1) is 0 Å². The molecule has 0 bridgehead atoms. The highest BCUT2D eigenvalue weighted by Crippen LogP contribution is 2.47. The number of hydrogen-bond acceptors (Lipinski definition) is 5. The average molecular weight is 309 g/mol. The number of rotatable bonds is 2. The second kappa shape index (κ2) is 4.88.